The number of amides is 1. The normalized spacial score (nSPS) is 10.8. The van der Waals surface area contributed by atoms with Gasteiger partial charge in [0.1, 0.15) is 22.7 Å². The SMILES string of the molecule is COc1ccc(C)cc1-n1ccc(C(=O)NCCCOc2cccc3cccnc23)n1. The van der Waals surface area contributed by atoms with Gasteiger partial charge in [-0.2, -0.15) is 5.10 Å². The van der Waals surface area contributed by atoms with Gasteiger partial charge in [-0.1, -0.05) is 24.3 Å². The van der Waals surface area contributed by atoms with E-state index in [0.29, 0.717) is 31.0 Å². The van der Waals surface area contributed by atoms with Gasteiger partial charge >= 0.3 is 0 Å². The molecule has 2 heterocycles. The zero-order valence-electron chi connectivity index (χ0n) is 17.5. The van der Waals surface area contributed by atoms with Crippen LogP contribution < -0.4 is 14.8 Å². The van der Waals surface area contributed by atoms with E-state index in [0.717, 1.165) is 27.9 Å². The van der Waals surface area contributed by atoms with Crippen molar-refractivity contribution in [2.75, 3.05) is 20.3 Å². The van der Waals surface area contributed by atoms with Gasteiger partial charge < -0.3 is 14.8 Å². The Labute approximate surface area is 180 Å². The van der Waals surface area contributed by atoms with Crippen molar-refractivity contribution in [2.45, 2.75) is 13.3 Å². The van der Waals surface area contributed by atoms with Crippen LogP contribution in [0.25, 0.3) is 16.6 Å². The quantitative estimate of drug-likeness (QED) is 0.440. The number of aryl methyl sites for hydroxylation is 1. The molecule has 4 rings (SSSR count). The van der Waals surface area contributed by atoms with Crippen molar-refractivity contribution >= 4 is 16.8 Å². The van der Waals surface area contributed by atoms with Crippen LogP contribution in [0, 0.1) is 6.92 Å². The monoisotopic (exact) mass is 416 g/mol. The Bertz CT molecular complexity index is 1200. The summed E-state index contributed by atoms with van der Waals surface area (Å²) in [5.74, 6) is 1.22. The molecule has 0 fully saturated rings. The first-order valence-corrected chi connectivity index (χ1v) is 10.1. The molecule has 0 spiro atoms. The maximum atomic E-state index is 12.4. The molecule has 1 N–H and O–H groups in total. The van der Waals surface area contributed by atoms with Crippen LogP contribution >= 0.6 is 0 Å². The highest BCUT2D eigenvalue weighted by Crippen LogP contribution is 2.24. The van der Waals surface area contributed by atoms with Crippen LogP contribution in [0.5, 0.6) is 11.5 Å². The molecule has 4 aromatic rings. The van der Waals surface area contributed by atoms with Crippen LogP contribution in [-0.2, 0) is 0 Å². The summed E-state index contributed by atoms with van der Waals surface area (Å²) in [6.07, 6.45) is 4.17. The Kier molecular flexibility index (Phi) is 6.12. The molecule has 0 aliphatic carbocycles. The van der Waals surface area contributed by atoms with Crippen LogP contribution in [0.4, 0.5) is 0 Å². The number of hydrogen-bond acceptors (Lipinski definition) is 5. The number of pyridine rings is 1. The predicted octanol–water partition coefficient (Wildman–Crippen LogP) is 3.94. The third-order valence-corrected chi connectivity index (χ3v) is 4.86. The van der Waals surface area contributed by atoms with Crippen LogP contribution in [0.1, 0.15) is 22.5 Å². The predicted molar refractivity (Wildman–Crippen MR) is 119 cm³/mol. The molecule has 0 saturated heterocycles. The van der Waals surface area contributed by atoms with Crippen molar-refractivity contribution in [3.63, 3.8) is 0 Å². The molecular weight excluding hydrogens is 392 g/mol. The van der Waals surface area contributed by atoms with Crippen molar-refractivity contribution in [1.82, 2.24) is 20.1 Å². The second-order valence-corrected chi connectivity index (χ2v) is 7.11. The third kappa shape index (κ3) is 4.66. The van der Waals surface area contributed by atoms with E-state index in [1.165, 1.54) is 0 Å². The number of methoxy groups -OCH3 is 1. The highest BCUT2D eigenvalue weighted by molar-refractivity contribution is 5.92. The van der Waals surface area contributed by atoms with Crippen LogP contribution in [0.2, 0.25) is 0 Å². The van der Waals surface area contributed by atoms with E-state index in [1.54, 1.807) is 30.3 Å². The molecule has 7 heteroatoms. The van der Waals surface area contributed by atoms with E-state index >= 15 is 0 Å². The van der Waals surface area contributed by atoms with Gasteiger partial charge in [0.2, 0.25) is 0 Å². The molecule has 0 aliphatic heterocycles. The minimum absolute atomic E-state index is 0.225. The number of carbonyl (C=O) groups is 1. The van der Waals surface area contributed by atoms with Crippen LogP contribution in [-0.4, -0.2) is 40.9 Å². The van der Waals surface area contributed by atoms with Gasteiger partial charge in [0, 0.05) is 24.3 Å². The highest BCUT2D eigenvalue weighted by Gasteiger charge is 2.12. The van der Waals surface area contributed by atoms with Gasteiger partial charge in [-0.05, 0) is 49.2 Å². The van der Waals surface area contributed by atoms with Crippen LogP contribution in [0.3, 0.4) is 0 Å². The second-order valence-electron chi connectivity index (χ2n) is 7.11. The summed E-state index contributed by atoms with van der Waals surface area (Å²) in [4.78, 5) is 16.8. The first-order chi connectivity index (χ1) is 15.2. The summed E-state index contributed by atoms with van der Waals surface area (Å²) >= 11 is 0. The number of para-hydroxylation sites is 1. The fourth-order valence-electron chi connectivity index (χ4n) is 3.30. The Morgan fingerprint density at radius 3 is 2.84 bits per heavy atom. The second kappa shape index (κ2) is 9.30. The van der Waals surface area contributed by atoms with Crippen LogP contribution in [0.15, 0.2) is 67.0 Å². The van der Waals surface area contributed by atoms with Gasteiger partial charge in [-0.15, -0.1) is 0 Å². The van der Waals surface area contributed by atoms with E-state index in [4.69, 9.17) is 9.47 Å². The molecule has 0 radical (unpaired) electrons. The number of nitrogens with zero attached hydrogens (tertiary/aromatic N) is 3. The third-order valence-electron chi connectivity index (χ3n) is 4.86. The Hall–Kier alpha value is -3.87. The van der Waals surface area contributed by atoms with Crippen molar-refractivity contribution in [3.05, 3.63) is 78.2 Å². The average molecular weight is 416 g/mol. The number of fused-ring (bicyclic) bond motifs is 1. The van der Waals surface area contributed by atoms with E-state index < -0.39 is 0 Å². The van der Waals surface area contributed by atoms with Gasteiger partial charge in [0.05, 0.1) is 13.7 Å². The van der Waals surface area contributed by atoms with Gasteiger partial charge in [-0.3, -0.25) is 9.78 Å². The molecule has 0 saturated carbocycles. The van der Waals surface area contributed by atoms with Gasteiger partial charge in [-0.25, -0.2) is 4.68 Å². The molecule has 0 aliphatic rings. The maximum Gasteiger partial charge on any atom is 0.271 e. The van der Waals surface area contributed by atoms with E-state index in [-0.39, 0.29) is 5.91 Å². The number of rotatable bonds is 8. The number of benzene rings is 2. The van der Waals surface area contributed by atoms with Gasteiger partial charge in [0.25, 0.3) is 5.91 Å². The average Bonchev–Trinajstić information content (AvgIpc) is 3.29. The largest absolute Gasteiger partial charge is 0.494 e. The minimum atomic E-state index is -0.225. The number of ether oxygens (including phenoxy) is 2. The summed E-state index contributed by atoms with van der Waals surface area (Å²) in [5.41, 5.74) is 3.06. The van der Waals surface area contributed by atoms with Crippen molar-refractivity contribution in [2.24, 2.45) is 0 Å². The summed E-state index contributed by atoms with van der Waals surface area (Å²) in [6, 6.07) is 17.3. The topological polar surface area (TPSA) is 78.3 Å². The van der Waals surface area contributed by atoms with Gasteiger partial charge in [0.15, 0.2) is 5.69 Å². The van der Waals surface area contributed by atoms with Crippen molar-refractivity contribution in [3.8, 4) is 17.2 Å². The molecule has 0 bridgehead atoms. The summed E-state index contributed by atoms with van der Waals surface area (Å²) < 4.78 is 12.9. The van der Waals surface area contributed by atoms with Crippen molar-refractivity contribution < 1.29 is 14.3 Å². The molecule has 0 atom stereocenters. The lowest BCUT2D eigenvalue weighted by atomic mass is 10.2. The molecule has 1 amide bonds. The molecule has 0 unspecified atom stereocenters. The fraction of sp³-hybridized carbons (Fsp3) is 0.208. The van der Waals surface area contributed by atoms with E-state index in [1.807, 2.05) is 55.5 Å². The first-order valence-electron chi connectivity index (χ1n) is 10.1. The fourth-order valence-corrected chi connectivity index (χ4v) is 3.30. The maximum absolute atomic E-state index is 12.4. The summed E-state index contributed by atoms with van der Waals surface area (Å²) in [5, 5.41) is 8.32. The minimum Gasteiger partial charge on any atom is -0.494 e. The number of hydrogen-bond donors (Lipinski definition) is 1. The lowest BCUT2D eigenvalue weighted by Gasteiger charge is -2.09. The first kappa shape index (κ1) is 20.4. The summed E-state index contributed by atoms with van der Waals surface area (Å²) in [7, 11) is 1.61. The zero-order valence-corrected chi connectivity index (χ0v) is 17.5. The van der Waals surface area contributed by atoms with Crippen molar-refractivity contribution in [1.29, 1.82) is 0 Å². The van der Waals surface area contributed by atoms with E-state index in [2.05, 4.69) is 15.4 Å². The lowest BCUT2D eigenvalue weighted by Crippen LogP contribution is -2.26. The Morgan fingerprint density at radius 2 is 1.97 bits per heavy atom. The molecular formula is C24H24N4O3. The van der Waals surface area contributed by atoms with E-state index in [9.17, 15) is 4.79 Å². The smallest absolute Gasteiger partial charge is 0.271 e. The number of nitrogens with one attached hydrogen (secondary N) is 1. The standard InChI is InChI=1S/C24H24N4O3/c1-17-9-10-21(30-2)20(16-17)28-14-11-19(27-28)24(29)26-13-5-15-31-22-8-3-6-18-7-4-12-25-23(18)22/h3-4,6-12,14,16H,5,13,15H2,1-2H3,(H,26,29). The summed E-state index contributed by atoms with van der Waals surface area (Å²) in [6.45, 7) is 2.96. The highest BCUT2D eigenvalue weighted by atomic mass is 16.5. The molecule has 2 aromatic heterocycles. The molecule has 31 heavy (non-hydrogen) atoms. The Morgan fingerprint density at radius 1 is 1.10 bits per heavy atom. The Balaban J connectivity index is 1.30. The molecule has 2 aromatic carbocycles. The lowest BCUT2D eigenvalue weighted by molar-refractivity contribution is 0.0946. The number of aromatic nitrogens is 3. The number of carbonyl (C=O) groups excluding carboxylic acids is 1. The molecule has 7 nitrogen and oxygen atoms in total. The zero-order chi connectivity index (χ0) is 21.6. The molecule has 158 valence electrons.